The van der Waals surface area contributed by atoms with E-state index in [1.165, 1.54) is 6.20 Å². The Morgan fingerprint density at radius 2 is 2.04 bits per heavy atom. The summed E-state index contributed by atoms with van der Waals surface area (Å²) >= 11 is 1.82. The average Bonchev–Trinajstić information content (AvgIpc) is 2.64. The molecule has 0 bridgehead atoms. The van der Waals surface area contributed by atoms with Crippen LogP contribution in [0.1, 0.15) is 34.5 Å². The van der Waals surface area contributed by atoms with Crippen molar-refractivity contribution >= 4 is 17.7 Å². The second-order valence-corrected chi connectivity index (χ2v) is 6.60. The quantitative estimate of drug-likeness (QED) is 0.682. The number of thioether (sulfide) groups is 1. The molecule has 1 heterocycles. The standard InChI is InChI=1S/C18H22N2O3S/c1-2-24-12-13-5-7-14(8-6-13)18(23)20-16(11-21)17(22)15-4-3-9-19-10-15/h3-10,16-17,21-22H,2,11-12H2,1H3,(H,20,23)/t16-,17+/m0/s1. The Labute approximate surface area is 146 Å². The zero-order valence-corrected chi connectivity index (χ0v) is 14.4. The van der Waals surface area contributed by atoms with Gasteiger partial charge in [0.15, 0.2) is 0 Å². The molecule has 2 atom stereocenters. The van der Waals surface area contributed by atoms with E-state index in [1.54, 1.807) is 30.5 Å². The van der Waals surface area contributed by atoms with Gasteiger partial charge < -0.3 is 15.5 Å². The van der Waals surface area contributed by atoms with Crippen LogP contribution in [0.25, 0.3) is 0 Å². The van der Waals surface area contributed by atoms with Crippen LogP contribution in [-0.4, -0.2) is 39.5 Å². The number of aliphatic hydroxyl groups excluding tert-OH is 2. The number of aliphatic hydroxyl groups is 2. The monoisotopic (exact) mass is 346 g/mol. The summed E-state index contributed by atoms with van der Waals surface area (Å²) in [5.74, 6) is 1.64. The molecular weight excluding hydrogens is 324 g/mol. The van der Waals surface area contributed by atoms with Crippen LogP contribution in [0.4, 0.5) is 0 Å². The van der Waals surface area contributed by atoms with E-state index in [2.05, 4.69) is 17.2 Å². The van der Waals surface area contributed by atoms with Crippen LogP contribution in [-0.2, 0) is 5.75 Å². The van der Waals surface area contributed by atoms with Crippen molar-refractivity contribution in [3.8, 4) is 0 Å². The number of carbonyl (C=O) groups is 1. The van der Waals surface area contributed by atoms with E-state index in [-0.39, 0.29) is 12.5 Å². The van der Waals surface area contributed by atoms with Crippen LogP contribution in [0.3, 0.4) is 0 Å². The predicted molar refractivity (Wildman–Crippen MR) is 95.8 cm³/mol. The fourth-order valence-corrected chi connectivity index (χ4v) is 2.86. The van der Waals surface area contributed by atoms with Crippen molar-refractivity contribution in [1.82, 2.24) is 10.3 Å². The summed E-state index contributed by atoms with van der Waals surface area (Å²) in [5.41, 5.74) is 2.20. The second kappa shape index (κ2) is 9.42. The van der Waals surface area contributed by atoms with Crippen molar-refractivity contribution in [2.75, 3.05) is 12.4 Å². The summed E-state index contributed by atoms with van der Waals surface area (Å²) in [6, 6.07) is 9.95. The predicted octanol–water partition coefficient (Wildman–Crippen LogP) is 2.16. The summed E-state index contributed by atoms with van der Waals surface area (Å²) < 4.78 is 0. The molecule has 128 valence electrons. The van der Waals surface area contributed by atoms with E-state index in [4.69, 9.17) is 0 Å². The maximum atomic E-state index is 12.3. The van der Waals surface area contributed by atoms with Gasteiger partial charge in [0.1, 0.15) is 6.10 Å². The maximum Gasteiger partial charge on any atom is 0.251 e. The molecule has 1 aromatic carbocycles. The van der Waals surface area contributed by atoms with Crippen LogP contribution in [0.2, 0.25) is 0 Å². The molecule has 1 amide bonds. The summed E-state index contributed by atoms with van der Waals surface area (Å²) in [6.07, 6.45) is 2.09. The fraction of sp³-hybridized carbons (Fsp3) is 0.333. The second-order valence-electron chi connectivity index (χ2n) is 5.33. The van der Waals surface area contributed by atoms with Gasteiger partial charge in [-0.3, -0.25) is 9.78 Å². The first kappa shape index (κ1) is 18.4. The molecule has 2 rings (SSSR count). The Hall–Kier alpha value is -1.89. The molecule has 1 aromatic heterocycles. The molecule has 0 aliphatic rings. The van der Waals surface area contributed by atoms with Gasteiger partial charge in [0.2, 0.25) is 0 Å². The van der Waals surface area contributed by atoms with E-state index >= 15 is 0 Å². The van der Waals surface area contributed by atoms with Crippen molar-refractivity contribution in [3.05, 3.63) is 65.5 Å². The van der Waals surface area contributed by atoms with Crippen molar-refractivity contribution in [2.24, 2.45) is 0 Å². The first-order valence-corrected chi connectivity index (χ1v) is 8.97. The third kappa shape index (κ3) is 5.06. The number of aromatic nitrogens is 1. The number of amides is 1. The third-order valence-corrected chi connectivity index (χ3v) is 4.55. The Kier molecular flexibility index (Phi) is 7.24. The highest BCUT2D eigenvalue weighted by Crippen LogP contribution is 2.17. The molecule has 3 N–H and O–H groups in total. The number of rotatable bonds is 8. The van der Waals surface area contributed by atoms with Crippen LogP contribution in [0.5, 0.6) is 0 Å². The highest BCUT2D eigenvalue weighted by atomic mass is 32.2. The highest BCUT2D eigenvalue weighted by molar-refractivity contribution is 7.98. The fourth-order valence-electron chi connectivity index (χ4n) is 2.23. The molecule has 0 spiro atoms. The van der Waals surface area contributed by atoms with E-state index in [0.29, 0.717) is 11.1 Å². The molecular formula is C18H22N2O3S. The molecule has 0 aliphatic heterocycles. The number of nitrogens with zero attached hydrogens (tertiary/aromatic N) is 1. The summed E-state index contributed by atoms with van der Waals surface area (Å²) in [4.78, 5) is 16.3. The van der Waals surface area contributed by atoms with E-state index in [0.717, 1.165) is 17.1 Å². The van der Waals surface area contributed by atoms with Crippen molar-refractivity contribution in [3.63, 3.8) is 0 Å². The Morgan fingerprint density at radius 1 is 1.29 bits per heavy atom. The Morgan fingerprint density at radius 3 is 2.62 bits per heavy atom. The van der Waals surface area contributed by atoms with Crippen molar-refractivity contribution in [1.29, 1.82) is 0 Å². The minimum absolute atomic E-state index is 0.327. The minimum Gasteiger partial charge on any atom is -0.394 e. The molecule has 0 fully saturated rings. The average molecular weight is 346 g/mol. The zero-order valence-electron chi connectivity index (χ0n) is 13.6. The van der Waals surface area contributed by atoms with E-state index in [1.807, 2.05) is 23.9 Å². The van der Waals surface area contributed by atoms with Gasteiger partial charge >= 0.3 is 0 Å². The molecule has 5 nitrogen and oxygen atoms in total. The van der Waals surface area contributed by atoms with E-state index < -0.39 is 12.1 Å². The lowest BCUT2D eigenvalue weighted by Gasteiger charge is -2.22. The maximum absolute atomic E-state index is 12.3. The minimum atomic E-state index is -1.02. The number of pyridine rings is 1. The zero-order chi connectivity index (χ0) is 17.4. The molecule has 0 unspecified atom stereocenters. The normalized spacial score (nSPS) is 13.3. The lowest BCUT2D eigenvalue weighted by atomic mass is 10.0. The van der Waals surface area contributed by atoms with Crippen molar-refractivity contribution in [2.45, 2.75) is 24.8 Å². The Balaban J connectivity index is 2.01. The molecule has 0 saturated heterocycles. The highest BCUT2D eigenvalue weighted by Gasteiger charge is 2.22. The molecule has 24 heavy (non-hydrogen) atoms. The lowest BCUT2D eigenvalue weighted by molar-refractivity contribution is 0.0702. The smallest absolute Gasteiger partial charge is 0.251 e. The number of benzene rings is 1. The topological polar surface area (TPSA) is 82.5 Å². The van der Waals surface area contributed by atoms with Gasteiger partial charge in [-0.05, 0) is 29.5 Å². The SMILES string of the molecule is CCSCc1ccc(C(=O)N[C@@H](CO)[C@H](O)c2cccnc2)cc1. The van der Waals surface area contributed by atoms with Gasteiger partial charge in [-0.1, -0.05) is 25.1 Å². The third-order valence-electron chi connectivity index (χ3n) is 3.61. The van der Waals surface area contributed by atoms with Crippen LogP contribution in [0, 0.1) is 0 Å². The molecule has 6 heteroatoms. The van der Waals surface area contributed by atoms with Gasteiger partial charge in [0.25, 0.3) is 5.91 Å². The summed E-state index contributed by atoms with van der Waals surface area (Å²) in [5, 5.41) is 22.5. The number of hydrogen-bond acceptors (Lipinski definition) is 5. The van der Waals surface area contributed by atoms with Gasteiger partial charge in [0.05, 0.1) is 12.6 Å². The molecule has 0 saturated carbocycles. The van der Waals surface area contributed by atoms with Gasteiger partial charge in [-0.15, -0.1) is 0 Å². The van der Waals surface area contributed by atoms with Crippen LogP contribution < -0.4 is 5.32 Å². The first-order chi connectivity index (χ1) is 11.7. The van der Waals surface area contributed by atoms with Gasteiger partial charge in [-0.2, -0.15) is 11.8 Å². The number of nitrogens with one attached hydrogen (secondary N) is 1. The first-order valence-electron chi connectivity index (χ1n) is 7.82. The number of carbonyl (C=O) groups excluding carboxylic acids is 1. The number of hydrogen-bond donors (Lipinski definition) is 3. The Bertz CT molecular complexity index is 634. The van der Waals surface area contributed by atoms with Crippen LogP contribution >= 0.6 is 11.8 Å². The molecule has 0 radical (unpaired) electrons. The van der Waals surface area contributed by atoms with Crippen LogP contribution in [0.15, 0.2) is 48.8 Å². The summed E-state index contributed by atoms with van der Waals surface area (Å²) in [6.45, 7) is 1.74. The lowest BCUT2D eigenvalue weighted by Crippen LogP contribution is -2.42. The molecule has 2 aromatic rings. The largest absolute Gasteiger partial charge is 0.394 e. The van der Waals surface area contributed by atoms with Gasteiger partial charge in [0, 0.05) is 29.3 Å². The van der Waals surface area contributed by atoms with E-state index in [9.17, 15) is 15.0 Å². The van der Waals surface area contributed by atoms with Crippen molar-refractivity contribution < 1.29 is 15.0 Å². The molecule has 0 aliphatic carbocycles. The van der Waals surface area contributed by atoms with Gasteiger partial charge in [-0.25, -0.2) is 0 Å². The summed E-state index contributed by atoms with van der Waals surface area (Å²) in [7, 11) is 0.